The Morgan fingerprint density at radius 1 is 1.45 bits per heavy atom. The van der Waals surface area contributed by atoms with Crippen molar-refractivity contribution >= 4 is 0 Å². The van der Waals surface area contributed by atoms with Gasteiger partial charge >= 0.3 is 0 Å². The number of benzene rings is 1. The van der Waals surface area contributed by atoms with Crippen LogP contribution in [0.3, 0.4) is 0 Å². The van der Waals surface area contributed by atoms with E-state index in [0.717, 1.165) is 17.9 Å². The van der Waals surface area contributed by atoms with Crippen LogP contribution in [0.15, 0.2) is 24.3 Å². The van der Waals surface area contributed by atoms with Crippen molar-refractivity contribution in [3.63, 3.8) is 0 Å². The Bertz CT molecular complexity index is 267. The minimum absolute atomic E-state index is 0.425. The predicted octanol–water partition coefficient (Wildman–Crippen LogP) is 1.68. The van der Waals surface area contributed by atoms with Gasteiger partial charge in [0.2, 0.25) is 0 Å². The van der Waals surface area contributed by atoms with Gasteiger partial charge in [-0.05, 0) is 5.92 Å². The SMILES string of the molecule is [CH2-][C+]1Cc2ccccc2C1O. The van der Waals surface area contributed by atoms with Gasteiger partial charge < -0.3 is 5.11 Å². The first kappa shape index (κ1) is 6.74. The fraction of sp³-hybridized carbons (Fsp3) is 0.200. The second-order valence-corrected chi connectivity index (χ2v) is 2.94. The summed E-state index contributed by atoms with van der Waals surface area (Å²) in [5, 5.41) is 9.55. The van der Waals surface area contributed by atoms with Crippen molar-refractivity contribution in [3.05, 3.63) is 48.2 Å². The average molecular weight is 146 g/mol. The third-order valence-corrected chi connectivity index (χ3v) is 2.15. The van der Waals surface area contributed by atoms with Gasteiger partial charge in [-0.15, -0.1) is 6.92 Å². The van der Waals surface area contributed by atoms with Gasteiger partial charge in [0.05, 0.1) is 6.42 Å². The molecule has 1 unspecified atom stereocenters. The van der Waals surface area contributed by atoms with Crippen LogP contribution in [-0.4, -0.2) is 5.11 Å². The first-order chi connectivity index (χ1) is 5.29. The molecule has 1 heteroatoms. The van der Waals surface area contributed by atoms with Crippen LogP contribution in [0, 0.1) is 12.8 Å². The van der Waals surface area contributed by atoms with E-state index in [0.29, 0.717) is 0 Å². The molecule has 11 heavy (non-hydrogen) atoms. The minimum atomic E-state index is -0.425. The molecule has 0 bridgehead atoms. The summed E-state index contributed by atoms with van der Waals surface area (Å²) >= 11 is 0. The van der Waals surface area contributed by atoms with E-state index in [2.05, 4.69) is 6.92 Å². The van der Waals surface area contributed by atoms with Crippen LogP contribution in [-0.2, 0) is 6.42 Å². The van der Waals surface area contributed by atoms with Crippen molar-refractivity contribution in [3.8, 4) is 0 Å². The summed E-state index contributed by atoms with van der Waals surface area (Å²) in [7, 11) is 0. The van der Waals surface area contributed by atoms with Gasteiger partial charge in [-0.25, -0.2) is 0 Å². The Hall–Kier alpha value is -0.950. The maximum Gasteiger partial charge on any atom is 0.193 e. The Morgan fingerprint density at radius 2 is 2.18 bits per heavy atom. The van der Waals surface area contributed by atoms with Crippen molar-refractivity contribution < 1.29 is 5.11 Å². The first-order valence-corrected chi connectivity index (χ1v) is 3.72. The molecule has 0 spiro atoms. The molecule has 1 aliphatic rings. The Balaban J connectivity index is 2.47. The fourth-order valence-electron chi connectivity index (χ4n) is 1.52. The molecule has 0 saturated carbocycles. The zero-order chi connectivity index (χ0) is 7.84. The van der Waals surface area contributed by atoms with Gasteiger partial charge in [0.25, 0.3) is 0 Å². The number of fused-ring (bicyclic) bond motifs is 1. The summed E-state index contributed by atoms with van der Waals surface area (Å²) in [4.78, 5) is 0. The Morgan fingerprint density at radius 3 is 2.91 bits per heavy atom. The van der Waals surface area contributed by atoms with E-state index in [1.165, 1.54) is 5.56 Å². The van der Waals surface area contributed by atoms with Gasteiger partial charge in [-0.1, -0.05) is 24.3 Å². The summed E-state index contributed by atoms with van der Waals surface area (Å²) in [5.74, 6) is 0.909. The summed E-state index contributed by atoms with van der Waals surface area (Å²) in [5.41, 5.74) is 2.24. The van der Waals surface area contributed by atoms with E-state index in [1.807, 2.05) is 24.3 Å². The molecular weight excluding hydrogens is 136 g/mol. The maximum absolute atomic E-state index is 9.55. The first-order valence-electron chi connectivity index (χ1n) is 3.72. The standard InChI is InChI=1S/C10H10O/c1-7-6-8-4-2-3-5-9(8)10(7)11/h2-5,10-11H,1,6H2. The van der Waals surface area contributed by atoms with Crippen molar-refractivity contribution in [2.45, 2.75) is 12.5 Å². The highest BCUT2D eigenvalue weighted by Crippen LogP contribution is 2.36. The summed E-state index contributed by atoms with van der Waals surface area (Å²) in [6.45, 7) is 3.80. The molecule has 0 fully saturated rings. The predicted molar refractivity (Wildman–Crippen MR) is 43.7 cm³/mol. The number of hydrogen-bond acceptors (Lipinski definition) is 1. The molecular formula is C10H10O. The van der Waals surface area contributed by atoms with E-state index in [-0.39, 0.29) is 0 Å². The molecule has 0 heterocycles. The molecule has 0 amide bonds. The summed E-state index contributed by atoms with van der Waals surface area (Å²) in [6, 6.07) is 7.93. The Labute approximate surface area is 66.7 Å². The van der Waals surface area contributed by atoms with Crippen molar-refractivity contribution in [1.82, 2.24) is 0 Å². The van der Waals surface area contributed by atoms with Crippen molar-refractivity contribution in [2.75, 3.05) is 0 Å². The molecule has 1 nitrogen and oxygen atoms in total. The monoisotopic (exact) mass is 146 g/mol. The highest BCUT2D eigenvalue weighted by atomic mass is 16.3. The van der Waals surface area contributed by atoms with Crippen LogP contribution >= 0.6 is 0 Å². The van der Waals surface area contributed by atoms with Crippen LogP contribution in [0.5, 0.6) is 0 Å². The topological polar surface area (TPSA) is 20.2 Å². The molecule has 1 atom stereocenters. The molecule has 1 N–H and O–H groups in total. The van der Waals surface area contributed by atoms with Gasteiger partial charge in [-0.2, -0.15) is 0 Å². The lowest BCUT2D eigenvalue weighted by atomic mass is 10.1. The fourth-order valence-corrected chi connectivity index (χ4v) is 1.52. The average Bonchev–Trinajstić information content (AvgIpc) is 2.30. The van der Waals surface area contributed by atoms with E-state index < -0.39 is 6.10 Å². The van der Waals surface area contributed by atoms with Gasteiger partial charge in [-0.3, -0.25) is 0 Å². The van der Waals surface area contributed by atoms with E-state index >= 15 is 0 Å². The second-order valence-electron chi connectivity index (χ2n) is 2.94. The lowest BCUT2D eigenvalue weighted by Gasteiger charge is -2.03. The van der Waals surface area contributed by atoms with Gasteiger partial charge in [0, 0.05) is 11.1 Å². The Kier molecular flexibility index (Phi) is 1.40. The molecule has 1 aromatic rings. The van der Waals surface area contributed by atoms with Crippen LogP contribution in [0.1, 0.15) is 17.2 Å². The number of aliphatic hydroxyl groups is 1. The molecule has 0 aliphatic heterocycles. The third kappa shape index (κ3) is 0.925. The number of rotatable bonds is 0. The van der Waals surface area contributed by atoms with Crippen molar-refractivity contribution in [2.24, 2.45) is 0 Å². The lowest BCUT2D eigenvalue weighted by Crippen LogP contribution is -1.98. The third-order valence-electron chi connectivity index (χ3n) is 2.15. The summed E-state index contributed by atoms with van der Waals surface area (Å²) < 4.78 is 0. The summed E-state index contributed by atoms with van der Waals surface area (Å²) in [6.07, 6.45) is 0.406. The maximum atomic E-state index is 9.55. The zero-order valence-corrected chi connectivity index (χ0v) is 6.25. The highest BCUT2D eigenvalue weighted by Gasteiger charge is 2.31. The van der Waals surface area contributed by atoms with Crippen LogP contribution in [0.4, 0.5) is 0 Å². The largest absolute Gasteiger partial charge is 0.352 e. The van der Waals surface area contributed by atoms with Gasteiger partial charge in [0.1, 0.15) is 0 Å². The molecule has 1 aromatic carbocycles. The zero-order valence-electron chi connectivity index (χ0n) is 6.25. The molecule has 1 aliphatic carbocycles. The van der Waals surface area contributed by atoms with E-state index in [1.54, 1.807) is 0 Å². The van der Waals surface area contributed by atoms with Crippen LogP contribution < -0.4 is 0 Å². The molecule has 56 valence electrons. The molecule has 0 radical (unpaired) electrons. The van der Waals surface area contributed by atoms with E-state index in [9.17, 15) is 5.11 Å². The molecule has 0 saturated heterocycles. The van der Waals surface area contributed by atoms with Gasteiger partial charge in [0.15, 0.2) is 6.10 Å². The van der Waals surface area contributed by atoms with Crippen LogP contribution in [0.2, 0.25) is 0 Å². The quantitative estimate of drug-likeness (QED) is 0.552. The van der Waals surface area contributed by atoms with Crippen molar-refractivity contribution in [1.29, 1.82) is 0 Å². The van der Waals surface area contributed by atoms with Crippen LogP contribution in [0.25, 0.3) is 0 Å². The lowest BCUT2D eigenvalue weighted by molar-refractivity contribution is 0.204. The normalized spacial score (nSPS) is 22.0. The number of aliphatic hydroxyl groups excluding tert-OH is 1. The highest BCUT2D eigenvalue weighted by molar-refractivity contribution is 5.41. The minimum Gasteiger partial charge on any atom is -0.352 e. The van der Waals surface area contributed by atoms with E-state index in [4.69, 9.17) is 0 Å². The second kappa shape index (κ2) is 2.28. The molecule has 0 aromatic heterocycles. The number of hydrogen-bond donors (Lipinski definition) is 1. The smallest absolute Gasteiger partial charge is 0.193 e. The molecule has 2 rings (SSSR count).